The second-order valence-corrected chi connectivity index (χ2v) is 10.0. The average Bonchev–Trinajstić information content (AvgIpc) is 3.08. The fourth-order valence-electron chi connectivity index (χ4n) is 4.46. The topological polar surface area (TPSA) is 85.0 Å². The Hall–Kier alpha value is -2.13. The maximum Gasteiger partial charge on any atom is 0.306 e. The van der Waals surface area contributed by atoms with Gasteiger partial charge >= 0.3 is 5.97 Å². The molecule has 8 heteroatoms. The Balaban J connectivity index is 1.54. The molecule has 0 radical (unpaired) electrons. The number of hydroxylamine groups is 3. The quantitative estimate of drug-likeness (QED) is 0.639. The van der Waals surface area contributed by atoms with Gasteiger partial charge in [0.2, 0.25) is 0 Å². The lowest BCUT2D eigenvalue weighted by Crippen LogP contribution is -2.57. The lowest BCUT2D eigenvalue weighted by Gasteiger charge is -2.46. The zero-order chi connectivity index (χ0) is 23.0. The van der Waals surface area contributed by atoms with Crippen LogP contribution in [-0.2, 0) is 25.6 Å². The zero-order valence-electron chi connectivity index (χ0n) is 19.9. The highest BCUT2D eigenvalue weighted by Gasteiger charge is 2.43. The predicted octanol–water partition coefficient (Wildman–Crippen LogP) is 4.36. The van der Waals surface area contributed by atoms with E-state index in [-0.39, 0.29) is 24.7 Å². The summed E-state index contributed by atoms with van der Waals surface area (Å²) >= 11 is 0. The van der Waals surface area contributed by atoms with E-state index >= 15 is 0 Å². The lowest BCUT2D eigenvalue weighted by atomic mass is 9.92. The molecule has 3 atom stereocenters. The Morgan fingerprint density at radius 2 is 2.09 bits per heavy atom. The number of aromatic nitrogens is 1. The minimum absolute atomic E-state index is 0.0215. The first kappa shape index (κ1) is 23.0. The number of H-pyrrole nitrogens is 1. The number of fused-ring (bicyclic) bond motifs is 4. The van der Waals surface area contributed by atoms with Gasteiger partial charge in [0.15, 0.2) is 12.5 Å². The van der Waals surface area contributed by atoms with Crippen LogP contribution >= 0.6 is 0 Å². The van der Waals surface area contributed by atoms with Crippen LogP contribution in [0.15, 0.2) is 18.2 Å². The third-order valence-electron chi connectivity index (χ3n) is 5.76. The van der Waals surface area contributed by atoms with Gasteiger partial charge in [-0.2, -0.15) is 5.48 Å². The molecule has 1 saturated heterocycles. The fraction of sp³-hybridized carbons (Fsp3) is 0.625. The third kappa shape index (κ3) is 4.93. The van der Waals surface area contributed by atoms with Crippen molar-refractivity contribution in [2.24, 2.45) is 5.92 Å². The first-order chi connectivity index (χ1) is 15.1. The molecule has 1 fully saturated rings. The van der Waals surface area contributed by atoms with Crippen LogP contribution in [0.5, 0.6) is 5.75 Å². The summed E-state index contributed by atoms with van der Waals surface area (Å²) in [4.78, 5) is 28.1. The van der Waals surface area contributed by atoms with Gasteiger partial charge in [0.25, 0.3) is 0 Å². The smallest absolute Gasteiger partial charge is 0.306 e. The molecule has 2 aromatic rings. The van der Waals surface area contributed by atoms with Gasteiger partial charge in [-0.3, -0.25) is 14.5 Å². The molecule has 0 aliphatic carbocycles. The van der Waals surface area contributed by atoms with Crippen molar-refractivity contribution < 1.29 is 23.9 Å². The van der Waals surface area contributed by atoms with Crippen LogP contribution in [0.1, 0.15) is 71.2 Å². The number of nitrogens with zero attached hydrogens (tertiary/aromatic N) is 1. The second kappa shape index (κ2) is 9.02. The Kier molecular flexibility index (Phi) is 6.49. The highest BCUT2D eigenvalue weighted by Crippen LogP contribution is 2.42. The molecule has 0 saturated carbocycles. The molecule has 0 amide bonds. The molecule has 2 N–H and O–H groups in total. The van der Waals surface area contributed by atoms with E-state index in [0.717, 1.165) is 23.4 Å². The van der Waals surface area contributed by atoms with Crippen LogP contribution in [-0.4, -0.2) is 41.2 Å². The van der Waals surface area contributed by atoms with Crippen molar-refractivity contribution >= 4 is 16.9 Å². The van der Waals surface area contributed by atoms with Gasteiger partial charge in [0.05, 0.1) is 13.2 Å². The van der Waals surface area contributed by atoms with E-state index in [2.05, 4.69) is 30.4 Å². The first-order valence-corrected chi connectivity index (χ1v) is 11.4. The molecular formula is C24H35N3O5. The van der Waals surface area contributed by atoms with E-state index in [4.69, 9.17) is 19.1 Å². The molecular weight excluding hydrogens is 410 g/mol. The van der Waals surface area contributed by atoms with Gasteiger partial charge in [-0.25, -0.2) is 0 Å². The molecule has 32 heavy (non-hydrogen) atoms. The zero-order valence-corrected chi connectivity index (χ0v) is 19.9. The highest BCUT2D eigenvalue weighted by atomic mass is 16.8. The van der Waals surface area contributed by atoms with Crippen LogP contribution in [0, 0.1) is 5.92 Å². The maximum atomic E-state index is 12.1. The average molecular weight is 446 g/mol. The van der Waals surface area contributed by atoms with Crippen LogP contribution in [0.3, 0.4) is 0 Å². The van der Waals surface area contributed by atoms with Gasteiger partial charge in [-0.1, -0.05) is 13.8 Å². The fourth-order valence-corrected chi connectivity index (χ4v) is 4.46. The van der Waals surface area contributed by atoms with Crippen molar-refractivity contribution in [3.63, 3.8) is 0 Å². The molecule has 176 valence electrons. The molecule has 8 nitrogen and oxygen atoms in total. The number of carbonyl (C=O) groups is 1. The van der Waals surface area contributed by atoms with E-state index in [0.29, 0.717) is 18.8 Å². The summed E-state index contributed by atoms with van der Waals surface area (Å²) in [6.45, 7) is 10.0. The summed E-state index contributed by atoms with van der Waals surface area (Å²) in [5, 5.41) is 3.15. The van der Waals surface area contributed by atoms with Crippen LogP contribution in [0.25, 0.3) is 10.9 Å². The number of carbonyl (C=O) groups excluding carboxylic acids is 1. The van der Waals surface area contributed by atoms with Crippen molar-refractivity contribution in [2.75, 3.05) is 7.11 Å². The summed E-state index contributed by atoms with van der Waals surface area (Å²) in [5.74, 6) is 1.05. The number of benzene rings is 1. The standard InChI is InChI=1S/C24H35N3O5/c1-14(2)11-19-23-17(16-8-7-15(29-6)12-18(16)25-23)13-21-27(19)32-20(26-31-21)9-10-22(28)30-24(3,4)5/h7-8,12,14,19-21,25-26H,9-11,13H2,1-6H3/t19-,20-,21-/m0/s1. The number of hydrogen-bond acceptors (Lipinski definition) is 7. The van der Waals surface area contributed by atoms with E-state index in [1.165, 1.54) is 10.9 Å². The first-order valence-electron chi connectivity index (χ1n) is 11.4. The van der Waals surface area contributed by atoms with Gasteiger partial charge in [-0.15, -0.1) is 5.06 Å². The van der Waals surface area contributed by atoms with Crippen molar-refractivity contribution in [2.45, 2.75) is 84.4 Å². The molecule has 1 aromatic carbocycles. The molecule has 0 bridgehead atoms. The number of methoxy groups -OCH3 is 1. The van der Waals surface area contributed by atoms with Crippen molar-refractivity contribution in [1.82, 2.24) is 15.5 Å². The second-order valence-electron chi connectivity index (χ2n) is 10.0. The number of esters is 1. The summed E-state index contributed by atoms with van der Waals surface area (Å²) in [6, 6.07) is 6.15. The number of aromatic amines is 1. The third-order valence-corrected chi connectivity index (χ3v) is 5.76. The summed E-state index contributed by atoms with van der Waals surface area (Å²) in [6.07, 6.45) is 1.66. The van der Waals surface area contributed by atoms with E-state index < -0.39 is 11.8 Å². The number of nitrogens with one attached hydrogen (secondary N) is 2. The Morgan fingerprint density at radius 3 is 2.78 bits per heavy atom. The monoisotopic (exact) mass is 445 g/mol. The summed E-state index contributed by atoms with van der Waals surface area (Å²) in [5.41, 5.74) is 5.97. The van der Waals surface area contributed by atoms with Gasteiger partial charge in [0.1, 0.15) is 11.4 Å². The summed E-state index contributed by atoms with van der Waals surface area (Å²) < 4.78 is 10.8. The van der Waals surface area contributed by atoms with Crippen molar-refractivity contribution in [3.8, 4) is 5.75 Å². The van der Waals surface area contributed by atoms with E-state index in [1.807, 2.05) is 38.0 Å². The van der Waals surface area contributed by atoms with Gasteiger partial charge in [-0.05, 0) is 50.8 Å². The maximum absolute atomic E-state index is 12.1. The normalized spacial score (nSPS) is 23.8. The minimum atomic E-state index is -0.497. The molecule has 2 aliphatic heterocycles. The SMILES string of the molecule is COc1ccc2c3c([nH]c2c1)[C@H](CC(C)C)N1O[C@@H](CCC(=O)OC(C)(C)C)NO[C@H]1C3. The summed E-state index contributed by atoms with van der Waals surface area (Å²) in [7, 11) is 1.68. The largest absolute Gasteiger partial charge is 0.497 e. The molecule has 3 heterocycles. The molecule has 2 aliphatic rings. The predicted molar refractivity (Wildman–Crippen MR) is 121 cm³/mol. The van der Waals surface area contributed by atoms with Crippen LogP contribution in [0.4, 0.5) is 0 Å². The molecule has 0 spiro atoms. The lowest BCUT2D eigenvalue weighted by molar-refractivity contribution is -0.386. The highest BCUT2D eigenvalue weighted by molar-refractivity contribution is 5.86. The van der Waals surface area contributed by atoms with Gasteiger partial charge in [0, 0.05) is 41.9 Å². The van der Waals surface area contributed by atoms with Crippen LogP contribution < -0.4 is 10.2 Å². The minimum Gasteiger partial charge on any atom is -0.497 e. The Morgan fingerprint density at radius 1 is 1.31 bits per heavy atom. The molecule has 0 unspecified atom stereocenters. The molecule has 4 rings (SSSR count). The number of rotatable bonds is 6. The Bertz CT molecular complexity index is 964. The van der Waals surface area contributed by atoms with Crippen LogP contribution in [0.2, 0.25) is 0 Å². The number of hydrogen-bond donors (Lipinski definition) is 2. The van der Waals surface area contributed by atoms with Crippen molar-refractivity contribution in [3.05, 3.63) is 29.5 Å². The van der Waals surface area contributed by atoms with Crippen molar-refractivity contribution in [1.29, 1.82) is 0 Å². The Labute approximate surface area is 189 Å². The van der Waals surface area contributed by atoms with Gasteiger partial charge < -0.3 is 14.5 Å². The van der Waals surface area contributed by atoms with E-state index in [1.54, 1.807) is 7.11 Å². The number of ether oxygens (including phenoxy) is 2. The van der Waals surface area contributed by atoms with E-state index in [9.17, 15) is 4.79 Å². The molecule has 1 aromatic heterocycles.